The number of nitrogens with one attached hydrogen (secondary N) is 1. The number of nitrogens with zero attached hydrogens (tertiary/aromatic N) is 1. The van der Waals surface area contributed by atoms with Crippen LogP contribution in [0.3, 0.4) is 0 Å². The second kappa shape index (κ2) is 7.70. The maximum Gasteiger partial charge on any atom is 0.414 e. The minimum Gasteiger partial charge on any atom is -0.445 e. The third kappa shape index (κ3) is 4.78. The lowest BCUT2D eigenvalue weighted by Crippen LogP contribution is -2.38. The molecule has 1 unspecified atom stereocenters. The molecule has 1 atom stereocenters. The number of rotatable bonds is 3. The third-order valence-corrected chi connectivity index (χ3v) is 4.09. The van der Waals surface area contributed by atoms with Crippen molar-refractivity contribution in [2.24, 2.45) is 0 Å². The Morgan fingerprint density at radius 1 is 1.07 bits per heavy atom. The monoisotopic (exact) mass is 368 g/mol. The topological polar surface area (TPSA) is 67.9 Å². The zero-order valence-electron chi connectivity index (χ0n) is 15.8. The number of hydrogen-bond donors (Lipinski definition) is 1. The molecule has 3 rings (SSSR count). The molecule has 1 heterocycles. The Hall–Kier alpha value is -3.02. The molecule has 0 aromatic heterocycles. The van der Waals surface area contributed by atoms with Crippen molar-refractivity contribution in [2.45, 2.75) is 39.0 Å². The number of alkyl carbamates (subject to hydrolysis) is 1. The third-order valence-electron chi connectivity index (χ3n) is 4.09. The maximum atomic E-state index is 12.5. The molecule has 27 heavy (non-hydrogen) atoms. The number of carbonyl (C=O) groups excluding carboxylic acids is 2. The highest BCUT2D eigenvalue weighted by atomic mass is 16.6. The van der Waals surface area contributed by atoms with Crippen LogP contribution in [-0.2, 0) is 16.1 Å². The molecular formula is C21H24N2O4. The summed E-state index contributed by atoms with van der Waals surface area (Å²) in [5.41, 5.74) is 1.92. The quantitative estimate of drug-likeness (QED) is 0.871. The van der Waals surface area contributed by atoms with E-state index in [0.717, 1.165) is 16.8 Å². The Kier molecular flexibility index (Phi) is 5.35. The molecule has 1 N–H and O–H groups in total. The van der Waals surface area contributed by atoms with E-state index >= 15 is 0 Å². The van der Waals surface area contributed by atoms with Crippen LogP contribution in [0.2, 0.25) is 0 Å². The van der Waals surface area contributed by atoms with Crippen molar-refractivity contribution in [1.29, 1.82) is 0 Å². The predicted molar refractivity (Wildman–Crippen MR) is 103 cm³/mol. The molecule has 0 saturated carbocycles. The van der Waals surface area contributed by atoms with Crippen LogP contribution in [0, 0.1) is 0 Å². The van der Waals surface area contributed by atoms with Gasteiger partial charge in [-0.2, -0.15) is 0 Å². The fraction of sp³-hybridized carbons (Fsp3) is 0.333. The zero-order chi connectivity index (χ0) is 19.4. The van der Waals surface area contributed by atoms with E-state index in [1.807, 2.05) is 75.4 Å². The summed E-state index contributed by atoms with van der Waals surface area (Å²) < 4.78 is 10.8. The Morgan fingerprint density at radius 2 is 1.74 bits per heavy atom. The number of benzene rings is 2. The Bertz CT molecular complexity index is 814. The lowest BCUT2D eigenvalue weighted by atomic mass is 10.1. The van der Waals surface area contributed by atoms with Crippen LogP contribution in [0.5, 0.6) is 0 Å². The van der Waals surface area contributed by atoms with Crippen molar-refractivity contribution in [3.8, 4) is 0 Å². The Morgan fingerprint density at radius 3 is 2.44 bits per heavy atom. The standard InChI is InChI=1S/C21H24N2O4/c1-21(2,3)27-20(25)23-13-17(16-11-7-8-12-18(16)23)22-19(24)26-14-15-9-5-4-6-10-15/h4-12,17H,13-14H2,1-3H3,(H,22,24). The first-order valence-electron chi connectivity index (χ1n) is 8.90. The maximum absolute atomic E-state index is 12.5. The smallest absolute Gasteiger partial charge is 0.414 e. The van der Waals surface area contributed by atoms with Gasteiger partial charge in [0.2, 0.25) is 0 Å². The highest BCUT2D eigenvalue weighted by Gasteiger charge is 2.35. The molecular weight excluding hydrogens is 344 g/mol. The van der Waals surface area contributed by atoms with E-state index in [1.54, 1.807) is 4.90 Å². The number of para-hydroxylation sites is 1. The molecule has 2 amide bonds. The lowest BCUT2D eigenvalue weighted by Gasteiger charge is -2.25. The number of ether oxygens (including phenoxy) is 2. The minimum atomic E-state index is -0.591. The van der Waals surface area contributed by atoms with E-state index in [4.69, 9.17) is 9.47 Å². The van der Waals surface area contributed by atoms with Crippen molar-refractivity contribution in [3.05, 3.63) is 65.7 Å². The summed E-state index contributed by atoms with van der Waals surface area (Å²) >= 11 is 0. The predicted octanol–water partition coefficient (Wildman–Crippen LogP) is 4.41. The second-order valence-corrected chi connectivity index (χ2v) is 7.41. The summed E-state index contributed by atoms with van der Waals surface area (Å²) in [5, 5.41) is 2.84. The zero-order valence-corrected chi connectivity index (χ0v) is 15.8. The molecule has 1 aliphatic heterocycles. The molecule has 6 nitrogen and oxygen atoms in total. The number of anilines is 1. The molecule has 6 heteroatoms. The van der Waals surface area contributed by atoms with Gasteiger partial charge in [-0.25, -0.2) is 9.59 Å². The van der Waals surface area contributed by atoms with Gasteiger partial charge in [0.25, 0.3) is 0 Å². The van der Waals surface area contributed by atoms with Crippen LogP contribution < -0.4 is 10.2 Å². The van der Waals surface area contributed by atoms with Crippen LogP contribution >= 0.6 is 0 Å². The molecule has 0 saturated heterocycles. The SMILES string of the molecule is CC(C)(C)OC(=O)N1CC(NC(=O)OCc2ccccc2)c2ccccc21. The van der Waals surface area contributed by atoms with Gasteiger partial charge in [0.05, 0.1) is 18.3 Å². The van der Waals surface area contributed by atoms with Gasteiger partial charge in [-0.15, -0.1) is 0 Å². The second-order valence-electron chi connectivity index (χ2n) is 7.41. The first-order valence-corrected chi connectivity index (χ1v) is 8.90. The van der Waals surface area contributed by atoms with Gasteiger partial charge in [-0.3, -0.25) is 4.90 Å². The van der Waals surface area contributed by atoms with Gasteiger partial charge >= 0.3 is 12.2 Å². The fourth-order valence-corrected chi connectivity index (χ4v) is 2.93. The van der Waals surface area contributed by atoms with Gasteiger partial charge in [0.1, 0.15) is 12.2 Å². The number of carbonyl (C=O) groups is 2. The van der Waals surface area contributed by atoms with Crippen LogP contribution in [0.15, 0.2) is 54.6 Å². The number of fused-ring (bicyclic) bond motifs is 1. The summed E-state index contributed by atoms with van der Waals surface area (Å²) in [7, 11) is 0. The average Bonchev–Trinajstić information content (AvgIpc) is 2.98. The molecule has 142 valence electrons. The van der Waals surface area contributed by atoms with Gasteiger partial charge in [-0.05, 0) is 32.4 Å². The highest BCUT2D eigenvalue weighted by Crippen LogP contribution is 2.35. The molecule has 2 aromatic carbocycles. The summed E-state index contributed by atoms with van der Waals surface area (Å²) in [5.74, 6) is 0. The van der Waals surface area contributed by atoms with Gasteiger partial charge < -0.3 is 14.8 Å². The minimum absolute atomic E-state index is 0.191. The normalized spacial score (nSPS) is 15.8. The van der Waals surface area contributed by atoms with Crippen LogP contribution in [0.25, 0.3) is 0 Å². The van der Waals surface area contributed by atoms with E-state index in [1.165, 1.54) is 0 Å². The molecule has 2 aromatic rings. The molecule has 0 bridgehead atoms. The number of hydrogen-bond acceptors (Lipinski definition) is 4. The number of amides is 2. The largest absolute Gasteiger partial charge is 0.445 e. The lowest BCUT2D eigenvalue weighted by molar-refractivity contribution is 0.0580. The average molecular weight is 368 g/mol. The van der Waals surface area contributed by atoms with Crippen LogP contribution in [-0.4, -0.2) is 24.3 Å². The van der Waals surface area contributed by atoms with Crippen molar-refractivity contribution in [1.82, 2.24) is 5.32 Å². The van der Waals surface area contributed by atoms with Crippen molar-refractivity contribution >= 4 is 17.9 Å². The van der Waals surface area contributed by atoms with Crippen molar-refractivity contribution < 1.29 is 19.1 Å². The van der Waals surface area contributed by atoms with Crippen LogP contribution in [0.1, 0.15) is 37.9 Å². The van der Waals surface area contributed by atoms with E-state index in [0.29, 0.717) is 6.54 Å². The Labute approximate surface area is 159 Å². The van der Waals surface area contributed by atoms with Gasteiger partial charge in [0, 0.05) is 5.56 Å². The highest BCUT2D eigenvalue weighted by molar-refractivity contribution is 5.91. The summed E-state index contributed by atoms with van der Waals surface area (Å²) in [4.78, 5) is 26.3. The van der Waals surface area contributed by atoms with E-state index in [9.17, 15) is 9.59 Å². The summed E-state index contributed by atoms with van der Waals surface area (Å²) in [6, 6.07) is 16.6. The summed E-state index contributed by atoms with van der Waals surface area (Å²) in [6.45, 7) is 5.96. The first kappa shape index (κ1) is 18.8. The molecule has 0 aliphatic carbocycles. The van der Waals surface area contributed by atoms with E-state index in [2.05, 4.69) is 5.32 Å². The van der Waals surface area contributed by atoms with E-state index < -0.39 is 17.8 Å². The molecule has 0 fully saturated rings. The van der Waals surface area contributed by atoms with Crippen LogP contribution in [0.4, 0.5) is 15.3 Å². The van der Waals surface area contributed by atoms with E-state index in [-0.39, 0.29) is 12.6 Å². The molecule has 0 spiro atoms. The molecule has 0 radical (unpaired) electrons. The van der Waals surface area contributed by atoms with Gasteiger partial charge in [0.15, 0.2) is 0 Å². The first-order chi connectivity index (χ1) is 12.8. The summed E-state index contributed by atoms with van der Waals surface area (Å²) in [6.07, 6.45) is -0.957. The molecule has 1 aliphatic rings. The van der Waals surface area contributed by atoms with Crippen molar-refractivity contribution in [3.63, 3.8) is 0 Å². The van der Waals surface area contributed by atoms with Crippen molar-refractivity contribution in [2.75, 3.05) is 11.4 Å². The fourth-order valence-electron chi connectivity index (χ4n) is 2.93. The van der Waals surface area contributed by atoms with Gasteiger partial charge in [-0.1, -0.05) is 48.5 Å². The Balaban J connectivity index is 1.66.